The monoisotopic (exact) mass is 420 g/mol. The Kier molecular flexibility index (Phi) is 12.6. The van der Waals surface area contributed by atoms with Gasteiger partial charge in [-0.1, -0.05) is 38.0 Å². The van der Waals surface area contributed by atoms with Gasteiger partial charge in [-0.25, -0.2) is 9.59 Å². The number of urea groups is 1. The molecular weight excluding hydrogens is 388 g/mol. The minimum atomic E-state index is -0.775. The molecule has 2 N–H and O–H groups in total. The first-order chi connectivity index (χ1) is 14.5. The molecule has 0 heterocycles. The van der Waals surface area contributed by atoms with Gasteiger partial charge in [-0.15, -0.1) is 0 Å². The Morgan fingerprint density at radius 2 is 1.70 bits per heavy atom. The first-order valence-electron chi connectivity index (χ1n) is 10.4. The van der Waals surface area contributed by atoms with Crippen molar-refractivity contribution in [2.75, 3.05) is 13.7 Å². The van der Waals surface area contributed by atoms with Crippen molar-refractivity contribution in [3.05, 3.63) is 30.3 Å². The van der Waals surface area contributed by atoms with E-state index in [4.69, 9.17) is 9.47 Å². The van der Waals surface area contributed by atoms with Crippen molar-refractivity contribution in [3.63, 3.8) is 0 Å². The molecule has 166 valence electrons. The summed E-state index contributed by atoms with van der Waals surface area (Å²) in [5.74, 6) is -0.256. The normalized spacial score (nSPS) is 11.3. The summed E-state index contributed by atoms with van der Waals surface area (Å²) in [7, 11) is 1.46. The summed E-state index contributed by atoms with van der Waals surface area (Å²) < 4.78 is 10.4. The minimum absolute atomic E-state index is 0.0552. The summed E-state index contributed by atoms with van der Waals surface area (Å²) in [6.07, 6.45) is 4.16. The number of amides is 2. The Bertz CT molecular complexity index is 677. The molecule has 1 unspecified atom stereocenters. The standard InChI is InChI=1S/C22H32N2O6/c1-3-17(25)11-6-4-9-14-19(24-22(28)23-2)21(27)29-16-10-15-20(26)30-18-12-7-5-8-13-18/h5,7-8,12-13,19H,3-4,6,9-11,14-16H2,1-2H3,(H2,23,24,28). The van der Waals surface area contributed by atoms with Crippen LogP contribution in [0.1, 0.15) is 58.3 Å². The van der Waals surface area contributed by atoms with Crippen LogP contribution in [-0.2, 0) is 19.1 Å². The van der Waals surface area contributed by atoms with Crippen LogP contribution in [0.2, 0.25) is 0 Å². The van der Waals surface area contributed by atoms with Crippen LogP contribution in [0.25, 0.3) is 0 Å². The highest BCUT2D eigenvalue weighted by atomic mass is 16.5. The molecule has 0 aliphatic rings. The van der Waals surface area contributed by atoms with Crippen LogP contribution < -0.4 is 15.4 Å². The van der Waals surface area contributed by atoms with E-state index in [2.05, 4.69) is 10.6 Å². The Labute approximate surface area is 177 Å². The first-order valence-corrected chi connectivity index (χ1v) is 10.4. The Morgan fingerprint density at radius 3 is 2.37 bits per heavy atom. The van der Waals surface area contributed by atoms with Gasteiger partial charge in [-0.2, -0.15) is 0 Å². The topological polar surface area (TPSA) is 111 Å². The SMILES string of the molecule is CCC(=O)CCCCCC(NC(=O)NC)C(=O)OCCCC(=O)Oc1ccccc1. The van der Waals surface area contributed by atoms with Crippen LogP contribution in [0.15, 0.2) is 30.3 Å². The summed E-state index contributed by atoms with van der Waals surface area (Å²) in [4.78, 5) is 47.0. The molecule has 0 aromatic heterocycles. The van der Waals surface area contributed by atoms with Crippen LogP contribution in [0.3, 0.4) is 0 Å². The number of esters is 2. The molecule has 0 fully saturated rings. The van der Waals surface area contributed by atoms with Gasteiger partial charge in [0.1, 0.15) is 17.6 Å². The van der Waals surface area contributed by atoms with Gasteiger partial charge < -0.3 is 20.1 Å². The molecule has 0 radical (unpaired) electrons. The van der Waals surface area contributed by atoms with Crippen molar-refractivity contribution in [2.24, 2.45) is 0 Å². The fourth-order valence-electron chi connectivity index (χ4n) is 2.66. The molecule has 0 aliphatic heterocycles. The van der Waals surface area contributed by atoms with Crippen molar-refractivity contribution >= 4 is 23.8 Å². The highest BCUT2D eigenvalue weighted by Gasteiger charge is 2.21. The van der Waals surface area contributed by atoms with E-state index in [1.54, 1.807) is 24.3 Å². The number of ketones is 1. The first kappa shape index (κ1) is 25.1. The van der Waals surface area contributed by atoms with Crippen LogP contribution in [0.4, 0.5) is 4.79 Å². The van der Waals surface area contributed by atoms with Gasteiger partial charge in [0.05, 0.1) is 6.61 Å². The second-order valence-electron chi connectivity index (χ2n) is 6.83. The largest absolute Gasteiger partial charge is 0.464 e. The fourth-order valence-corrected chi connectivity index (χ4v) is 2.66. The predicted molar refractivity (Wildman–Crippen MR) is 112 cm³/mol. The number of carbonyl (C=O) groups is 4. The highest BCUT2D eigenvalue weighted by molar-refractivity contribution is 5.83. The molecule has 0 aliphatic carbocycles. The minimum Gasteiger partial charge on any atom is -0.464 e. The summed E-state index contributed by atoms with van der Waals surface area (Å²) in [6.45, 7) is 1.89. The quantitative estimate of drug-likeness (QED) is 0.272. The number of para-hydroxylation sites is 1. The third-order valence-electron chi connectivity index (χ3n) is 4.40. The lowest BCUT2D eigenvalue weighted by Gasteiger charge is -2.17. The van der Waals surface area contributed by atoms with E-state index in [0.29, 0.717) is 37.9 Å². The van der Waals surface area contributed by atoms with Crippen molar-refractivity contribution in [1.82, 2.24) is 10.6 Å². The number of benzene rings is 1. The number of unbranched alkanes of at least 4 members (excludes halogenated alkanes) is 2. The Morgan fingerprint density at radius 1 is 0.967 bits per heavy atom. The average molecular weight is 421 g/mol. The zero-order chi connectivity index (χ0) is 22.2. The molecule has 0 spiro atoms. The molecule has 0 saturated carbocycles. The van der Waals surface area contributed by atoms with E-state index in [0.717, 1.165) is 12.8 Å². The zero-order valence-corrected chi connectivity index (χ0v) is 17.8. The second-order valence-corrected chi connectivity index (χ2v) is 6.83. The smallest absolute Gasteiger partial charge is 0.328 e. The average Bonchev–Trinajstić information content (AvgIpc) is 2.75. The third-order valence-corrected chi connectivity index (χ3v) is 4.40. The lowest BCUT2D eigenvalue weighted by atomic mass is 10.1. The van der Waals surface area contributed by atoms with Gasteiger partial charge in [-0.3, -0.25) is 9.59 Å². The van der Waals surface area contributed by atoms with E-state index in [-0.39, 0.29) is 18.8 Å². The second kappa shape index (κ2) is 15.0. The van der Waals surface area contributed by atoms with Gasteiger partial charge in [0.25, 0.3) is 0 Å². The van der Waals surface area contributed by atoms with Gasteiger partial charge >= 0.3 is 18.0 Å². The maximum atomic E-state index is 12.3. The lowest BCUT2D eigenvalue weighted by molar-refractivity contribution is -0.147. The van der Waals surface area contributed by atoms with Crippen LogP contribution in [-0.4, -0.2) is 43.4 Å². The summed E-state index contributed by atoms with van der Waals surface area (Å²) in [6, 6.07) is 7.49. The number of Topliss-reactive ketones (excluding diaryl/α,β-unsaturated/α-hetero) is 1. The van der Waals surface area contributed by atoms with Crippen LogP contribution in [0, 0.1) is 0 Å². The predicted octanol–water partition coefficient (Wildman–Crippen LogP) is 3.14. The van der Waals surface area contributed by atoms with E-state index < -0.39 is 24.0 Å². The van der Waals surface area contributed by atoms with Crippen LogP contribution in [0.5, 0.6) is 5.75 Å². The highest BCUT2D eigenvalue weighted by Crippen LogP contribution is 2.11. The Balaban J connectivity index is 2.32. The Hall–Kier alpha value is -2.90. The number of carbonyl (C=O) groups excluding carboxylic acids is 4. The maximum absolute atomic E-state index is 12.3. The number of hydrogen-bond donors (Lipinski definition) is 2. The van der Waals surface area contributed by atoms with Crippen molar-refractivity contribution < 1.29 is 28.7 Å². The molecule has 30 heavy (non-hydrogen) atoms. The van der Waals surface area contributed by atoms with Crippen molar-refractivity contribution in [3.8, 4) is 5.75 Å². The fraction of sp³-hybridized carbons (Fsp3) is 0.545. The molecule has 1 atom stereocenters. The van der Waals surface area contributed by atoms with Crippen molar-refractivity contribution in [1.29, 1.82) is 0 Å². The molecule has 1 aromatic rings. The van der Waals surface area contributed by atoms with E-state index in [1.165, 1.54) is 7.05 Å². The zero-order valence-electron chi connectivity index (χ0n) is 17.8. The summed E-state index contributed by atoms with van der Waals surface area (Å²) in [5, 5.41) is 4.99. The van der Waals surface area contributed by atoms with Crippen molar-refractivity contribution in [2.45, 2.75) is 64.3 Å². The number of nitrogens with one attached hydrogen (secondary N) is 2. The molecule has 1 rings (SSSR count). The van der Waals surface area contributed by atoms with E-state index in [1.807, 2.05) is 13.0 Å². The van der Waals surface area contributed by atoms with Gasteiger partial charge in [0.15, 0.2) is 0 Å². The van der Waals surface area contributed by atoms with E-state index >= 15 is 0 Å². The molecule has 8 nitrogen and oxygen atoms in total. The number of ether oxygens (including phenoxy) is 2. The number of hydrogen-bond acceptors (Lipinski definition) is 6. The number of rotatable bonds is 14. The summed E-state index contributed by atoms with van der Waals surface area (Å²) in [5.41, 5.74) is 0. The molecule has 1 aromatic carbocycles. The summed E-state index contributed by atoms with van der Waals surface area (Å²) >= 11 is 0. The van der Waals surface area contributed by atoms with E-state index in [9.17, 15) is 19.2 Å². The molecule has 8 heteroatoms. The third kappa shape index (κ3) is 11.2. The van der Waals surface area contributed by atoms with Crippen LogP contribution >= 0.6 is 0 Å². The van der Waals surface area contributed by atoms with Gasteiger partial charge in [0.2, 0.25) is 0 Å². The lowest BCUT2D eigenvalue weighted by Crippen LogP contribution is -2.45. The van der Waals surface area contributed by atoms with Gasteiger partial charge in [-0.05, 0) is 31.4 Å². The maximum Gasteiger partial charge on any atom is 0.328 e. The molecule has 2 amide bonds. The molecule has 0 saturated heterocycles. The molecule has 0 bridgehead atoms. The molecular formula is C22H32N2O6. The van der Waals surface area contributed by atoms with Gasteiger partial charge in [0, 0.05) is 26.3 Å².